The summed E-state index contributed by atoms with van der Waals surface area (Å²) in [5, 5.41) is 7.68. The van der Waals surface area contributed by atoms with Gasteiger partial charge in [0.05, 0.1) is 6.61 Å². The lowest BCUT2D eigenvalue weighted by atomic mass is 10.3. The van der Waals surface area contributed by atoms with Crippen molar-refractivity contribution in [2.24, 2.45) is 0 Å². The third-order valence-electron chi connectivity index (χ3n) is 3.99. The number of hydrogen-bond donors (Lipinski definition) is 0. The van der Waals surface area contributed by atoms with Gasteiger partial charge in [-0.1, -0.05) is 6.07 Å². The van der Waals surface area contributed by atoms with Gasteiger partial charge in [0.1, 0.15) is 24.2 Å². The molecule has 0 amide bonds. The van der Waals surface area contributed by atoms with Gasteiger partial charge in [-0.15, -0.1) is 10.2 Å². The number of sulfonamides is 1. The molecule has 1 fully saturated rings. The van der Waals surface area contributed by atoms with E-state index in [1.165, 1.54) is 10.4 Å². The third kappa shape index (κ3) is 2.96. The predicted molar refractivity (Wildman–Crippen MR) is 83.9 cm³/mol. The Morgan fingerprint density at radius 1 is 1.16 bits per heavy atom. The van der Waals surface area contributed by atoms with Crippen LogP contribution in [0.25, 0.3) is 0 Å². The van der Waals surface area contributed by atoms with Crippen molar-refractivity contribution < 1.29 is 27.0 Å². The molecule has 1 aromatic carbocycles. The number of aromatic nitrogens is 2. The van der Waals surface area contributed by atoms with Crippen molar-refractivity contribution in [3.63, 3.8) is 0 Å². The molecular formula is C15H17N3O6S. The van der Waals surface area contributed by atoms with Crippen LogP contribution in [0.4, 0.5) is 0 Å². The summed E-state index contributed by atoms with van der Waals surface area (Å²) in [6, 6.07) is 4.85. The molecule has 2 aromatic rings. The second-order valence-electron chi connectivity index (χ2n) is 5.66. The first kappa shape index (κ1) is 16.3. The zero-order valence-corrected chi connectivity index (χ0v) is 14.4. The Labute approximate surface area is 144 Å². The highest BCUT2D eigenvalue weighted by Gasteiger charge is 2.36. The number of hydrogen-bond acceptors (Lipinski definition) is 8. The Balaban J connectivity index is 1.64. The summed E-state index contributed by atoms with van der Waals surface area (Å²) >= 11 is 0. The van der Waals surface area contributed by atoms with E-state index in [9.17, 15) is 8.42 Å². The minimum atomic E-state index is -3.78. The summed E-state index contributed by atoms with van der Waals surface area (Å²) in [6.07, 6.45) is -0.596. The summed E-state index contributed by atoms with van der Waals surface area (Å²) in [7, 11) is -3.78. The number of fused-ring (bicyclic) bond motifs is 1. The number of morpholine rings is 1. The highest BCUT2D eigenvalue weighted by atomic mass is 32.2. The van der Waals surface area contributed by atoms with Gasteiger partial charge in [-0.2, -0.15) is 4.31 Å². The number of ether oxygens (including phenoxy) is 3. The molecule has 0 radical (unpaired) electrons. The maximum absolute atomic E-state index is 13.1. The monoisotopic (exact) mass is 367 g/mol. The zero-order chi connectivity index (χ0) is 17.4. The molecule has 9 nitrogen and oxygen atoms in total. The molecule has 25 heavy (non-hydrogen) atoms. The van der Waals surface area contributed by atoms with Crippen LogP contribution >= 0.6 is 0 Å². The first-order chi connectivity index (χ1) is 12.1. The Kier molecular flexibility index (Phi) is 4.10. The second kappa shape index (κ2) is 6.28. The number of rotatable bonds is 3. The van der Waals surface area contributed by atoms with E-state index in [-0.39, 0.29) is 36.2 Å². The van der Waals surface area contributed by atoms with Gasteiger partial charge in [0.15, 0.2) is 11.5 Å². The predicted octanol–water partition coefficient (Wildman–Crippen LogP) is 0.911. The molecule has 0 aliphatic carbocycles. The smallest absolute Gasteiger partial charge is 0.247 e. The maximum atomic E-state index is 13.1. The summed E-state index contributed by atoms with van der Waals surface area (Å²) in [5.41, 5.74) is 0. The Bertz CT molecular complexity index is 881. The van der Waals surface area contributed by atoms with Crippen LogP contribution in [0.5, 0.6) is 11.5 Å². The quantitative estimate of drug-likeness (QED) is 0.788. The van der Waals surface area contributed by atoms with Gasteiger partial charge in [-0.25, -0.2) is 8.42 Å². The van der Waals surface area contributed by atoms with E-state index in [4.69, 9.17) is 18.6 Å². The first-order valence-electron chi connectivity index (χ1n) is 7.86. The summed E-state index contributed by atoms with van der Waals surface area (Å²) in [5.74, 6) is 1.36. The van der Waals surface area contributed by atoms with Crippen molar-refractivity contribution in [3.05, 3.63) is 30.0 Å². The van der Waals surface area contributed by atoms with Crippen molar-refractivity contribution in [1.29, 1.82) is 0 Å². The fourth-order valence-corrected chi connectivity index (χ4v) is 4.39. The highest BCUT2D eigenvalue weighted by Crippen LogP contribution is 2.38. The van der Waals surface area contributed by atoms with Gasteiger partial charge in [0.25, 0.3) is 0 Å². The van der Waals surface area contributed by atoms with Crippen LogP contribution in [0, 0.1) is 6.92 Å². The lowest BCUT2D eigenvalue weighted by molar-refractivity contribution is -0.0177. The molecule has 0 saturated carbocycles. The minimum Gasteiger partial charge on any atom is -0.486 e. The van der Waals surface area contributed by atoms with Crippen molar-refractivity contribution in [3.8, 4) is 11.5 Å². The largest absolute Gasteiger partial charge is 0.486 e. The first-order valence-corrected chi connectivity index (χ1v) is 9.30. The Hall–Kier alpha value is -2.17. The van der Waals surface area contributed by atoms with Crippen LogP contribution in [-0.2, 0) is 14.8 Å². The average molecular weight is 367 g/mol. The van der Waals surface area contributed by atoms with Crippen LogP contribution in [0.1, 0.15) is 17.9 Å². The van der Waals surface area contributed by atoms with E-state index in [1.807, 2.05) is 0 Å². The van der Waals surface area contributed by atoms with Crippen molar-refractivity contribution in [2.45, 2.75) is 17.9 Å². The van der Waals surface area contributed by atoms with Gasteiger partial charge < -0.3 is 18.6 Å². The number of benzene rings is 1. The van der Waals surface area contributed by atoms with E-state index >= 15 is 0 Å². The molecule has 0 spiro atoms. The van der Waals surface area contributed by atoms with Crippen LogP contribution in [0.3, 0.4) is 0 Å². The van der Waals surface area contributed by atoms with E-state index in [0.29, 0.717) is 24.9 Å². The molecule has 1 atom stereocenters. The standard InChI is InChI=1S/C15H17N3O6S/c1-10-16-17-15(24-10)12-9-18(5-6-21-12)25(19,20)13-4-2-3-11-14(13)23-8-7-22-11/h2-4,12H,5-9H2,1H3/t12-/m1/s1. The molecule has 3 heterocycles. The molecule has 10 heteroatoms. The second-order valence-corrected chi connectivity index (χ2v) is 7.57. The lowest BCUT2D eigenvalue weighted by Crippen LogP contribution is -2.42. The molecule has 0 N–H and O–H groups in total. The SMILES string of the molecule is Cc1nnc([C@H]2CN(S(=O)(=O)c3cccc4c3OCCO4)CCO2)o1. The van der Waals surface area contributed by atoms with Gasteiger partial charge in [-0.3, -0.25) is 0 Å². The van der Waals surface area contributed by atoms with Crippen molar-refractivity contribution in [1.82, 2.24) is 14.5 Å². The van der Waals surface area contributed by atoms with Gasteiger partial charge in [0.2, 0.25) is 21.8 Å². The van der Waals surface area contributed by atoms with Crippen molar-refractivity contribution >= 4 is 10.0 Å². The molecule has 0 bridgehead atoms. The van der Waals surface area contributed by atoms with Crippen LogP contribution in [-0.4, -0.2) is 55.8 Å². The molecule has 134 valence electrons. The lowest BCUT2D eigenvalue weighted by Gasteiger charge is -2.31. The summed E-state index contributed by atoms with van der Waals surface area (Å²) in [6.45, 7) is 2.93. The van der Waals surface area contributed by atoms with E-state index in [0.717, 1.165) is 0 Å². The molecule has 2 aliphatic heterocycles. The molecule has 1 aromatic heterocycles. The fourth-order valence-electron chi connectivity index (χ4n) is 2.82. The van der Waals surface area contributed by atoms with Crippen LogP contribution in [0.2, 0.25) is 0 Å². The molecular weight excluding hydrogens is 350 g/mol. The normalized spacial score (nSPS) is 21.2. The maximum Gasteiger partial charge on any atom is 0.247 e. The topological polar surface area (TPSA) is 104 Å². The molecule has 2 aliphatic rings. The number of nitrogens with zero attached hydrogens (tertiary/aromatic N) is 3. The number of aryl methyl sites for hydroxylation is 1. The Morgan fingerprint density at radius 3 is 2.80 bits per heavy atom. The fraction of sp³-hybridized carbons (Fsp3) is 0.467. The van der Waals surface area contributed by atoms with Crippen molar-refractivity contribution in [2.75, 3.05) is 32.9 Å². The molecule has 1 saturated heterocycles. The van der Waals surface area contributed by atoms with Crippen LogP contribution in [0.15, 0.2) is 27.5 Å². The Morgan fingerprint density at radius 2 is 2.00 bits per heavy atom. The molecule has 0 unspecified atom stereocenters. The summed E-state index contributed by atoms with van der Waals surface area (Å²) in [4.78, 5) is 0.0899. The van der Waals surface area contributed by atoms with Gasteiger partial charge in [0, 0.05) is 20.0 Å². The number of para-hydroxylation sites is 1. The van der Waals surface area contributed by atoms with E-state index in [2.05, 4.69) is 10.2 Å². The molecule has 4 rings (SSSR count). The van der Waals surface area contributed by atoms with Gasteiger partial charge >= 0.3 is 0 Å². The van der Waals surface area contributed by atoms with E-state index < -0.39 is 16.1 Å². The van der Waals surface area contributed by atoms with Crippen LogP contribution < -0.4 is 9.47 Å². The average Bonchev–Trinajstić information content (AvgIpc) is 3.08. The zero-order valence-electron chi connectivity index (χ0n) is 13.5. The third-order valence-corrected chi connectivity index (χ3v) is 5.88. The van der Waals surface area contributed by atoms with Gasteiger partial charge in [-0.05, 0) is 12.1 Å². The van der Waals surface area contributed by atoms with E-state index in [1.54, 1.807) is 19.1 Å². The summed E-state index contributed by atoms with van der Waals surface area (Å²) < 4.78 is 49.5. The minimum absolute atomic E-state index is 0.0899. The highest BCUT2D eigenvalue weighted by molar-refractivity contribution is 7.89.